The summed E-state index contributed by atoms with van der Waals surface area (Å²) in [6.07, 6.45) is 0.718. The minimum absolute atomic E-state index is 0.0133. The first-order valence-corrected chi connectivity index (χ1v) is 10.6. The Kier molecular flexibility index (Phi) is 9.66. The first-order valence-electron chi connectivity index (χ1n) is 10.6. The van der Waals surface area contributed by atoms with Gasteiger partial charge in [-0.2, -0.15) is 0 Å². The van der Waals surface area contributed by atoms with Gasteiger partial charge in [0, 0.05) is 38.3 Å². The number of carbonyl (C=O) groups excluding carboxylic acids is 1. The number of guanidine groups is 1. The van der Waals surface area contributed by atoms with Crippen LogP contribution in [0, 0.1) is 0 Å². The number of carbonyl (C=O) groups is 1. The fourth-order valence-electron chi connectivity index (χ4n) is 3.20. The number of hydrogen-bond acceptors (Lipinski definition) is 5. The van der Waals surface area contributed by atoms with Gasteiger partial charge < -0.3 is 29.7 Å². The molecule has 2 aromatic rings. The molecule has 174 valence electrons. The quantitative estimate of drug-likeness (QED) is 0.435. The molecule has 0 heterocycles. The first kappa shape index (κ1) is 24.8. The van der Waals surface area contributed by atoms with Gasteiger partial charge in [0.15, 0.2) is 17.5 Å². The van der Waals surface area contributed by atoms with Crippen molar-refractivity contribution in [3.63, 3.8) is 0 Å². The number of hydrogen-bond donors (Lipinski definition) is 2. The summed E-state index contributed by atoms with van der Waals surface area (Å²) in [7, 11) is 8.31. The molecule has 0 unspecified atom stereocenters. The third-order valence-corrected chi connectivity index (χ3v) is 4.84. The lowest BCUT2D eigenvalue weighted by Gasteiger charge is -2.16. The maximum Gasteiger partial charge on any atom is 0.253 e. The van der Waals surface area contributed by atoms with Crippen LogP contribution in [-0.2, 0) is 13.0 Å². The van der Waals surface area contributed by atoms with Crippen LogP contribution in [0.4, 0.5) is 0 Å². The van der Waals surface area contributed by atoms with Crippen LogP contribution in [0.15, 0.2) is 41.4 Å². The van der Waals surface area contributed by atoms with Crippen LogP contribution in [0.3, 0.4) is 0 Å². The Hall–Kier alpha value is -3.42. The molecule has 0 bridgehead atoms. The lowest BCUT2D eigenvalue weighted by atomic mass is 10.1. The smallest absolute Gasteiger partial charge is 0.253 e. The highest BCUT2D eigenvalue weighted by Gasteiger charge is 2.15. The molecule has 0 atom stereocenters. The van der Waals surface area contributed by atoms with Crippen molar-refractivity contribution >= 4 is 11.9 Å². The molecule has 0 aliphatic heterocycles. The van der Waals surface area contributed by atoms with Crippen molar-refractivity contribution < 1.29 is 19.0 Å². The second kappa shape index (κ2) is 12.4. The number of amides is 1. The Balaban J connectivity index is 2.02. The average Bonchev–Trinajstić information content (AvgIpc) is 2.81. The predicted octanol–water partition coefficient (Wildman–Crippen LogP) is 2.71. The Morgan fingerprint density at radius 3 is 2.19 bits per heavy atom. The lowest BCUT2D eigenvalue weighted by molar-refractivity contribution is 0.0827. The molecule has 0 saturated heterocycles. The molecule has 0 aliphatic carbocycles. The third-order valence-electron chi connectivity index (χ3n) is 4.84. The van der Waals surface area contributed by atoms with Crippen LogP contribution >= 0.6 is 0 Å². The maximum atomic E-state index is 12.0. The normalized spacial score (nSPS) is 11.0. The number of nitrogens with zero attached hydrogens (tertiary/aromatic N) is 2. The fraction of sp³-hybridized carbons (Fsp3) is 0.417. The zero-order valence-electron chi connectivity index (χ0n) is 19.8. The van der Waals surface area contributed by atoms with Crippen LogP contribution in [0.2, 0.25) is 0 Å². The standard InChI is InChI=1S/C24H34N4O4/c1-7-25-24(27-16-17-8-10-19(11-9-17)23(29)28(2)3)26-15-14-18-12-13-20(30-4)22(32-6)21(18)31-5/h8-13H,7,14-16H2,1-6H3,(H2,25,26,27). The summed E-state index contributed by atoms with van der Waals surface area (Å²) >= 11 is 0. The van der Waals surface area contributed by atoms with Gasteiger partial charge in [0.2, 0.25) is 5.75 Å². The molecule has 0 spiro atoms. The molecule has 0 aromatic heterocycles. The minimum atomic E-state index is -0.0133. The van der Waals surface area contributed by atoms with E-state index < -0.39 is 0 Å². The Morgan fingerprint density at radius 1 is 0.938 bits per heavy atom. The average molecular weight is 443 g/mol. The number of rotatable bonds is 10. The molecular weight excluding hydrogens is 408 g/mol. The summed E-state index contributed by atoms with van der Waals surface area (Å²) in [6.45, 7) is 3.94. The van der Waals surface area contributed by atoms with Gasteiger partial charge >= 0.3 is 0 Å². The summed E-state index contributed by atoms with van der Waals surface area (Å²) in [5.41, 5.74) is 2.70. The molecule has 2 N–H and O–H groups in total. The van der Waals surface area contributed by atoms with E-state index in [1.165, 1.54) is 0 Å². The monoisotopic (exact) mass is 442 g/mol. The maximum absolute atomic E-state index is 12.0. The van der Waals surface area contributed by atoms with Crippen LogP contribution in [0.1, 0.15) is 28.4 Å². The van der Waals surface area contributed by atoms with Gasteiger partial charge in [0.25, 0.3) is 5.91 Å². The van der Waals surface area contributed by atoms with Gasteiger partial charge in [0.05, 0.1) is 27.9 Å². The van der Waals surface area contributed by atoms with E-state index in [1.807, 2.05) is 43.3 Å². The molecule has 8 nitrogen and oxygen atoms in total. The van der Waals surface area contributed by atoms with Crippen LogP contribution < -0.4 is 24.8 Å². The van der Waals surface area contributed by atoms with E-state index in [1.54, 1.807) is 40.3 Å². The van der Waals surface area contributed by atoms with Crippen molar-refractivity contribution in [2.75, 3.05) is 48.5 Å². The third kappa shape index (κ3) is 6.54. The SMILES string of the molecule is CCNC(=NCc1ccc(C(=O)N(C)C)cc1)NCCc1ccc(OC)c(OC)c1OC. The van der Waals surface area contributed by atoms with E-state index in [4.69, 9.17) is 14.2 Å². The second-order valence-electron chi connectivity index (χ2n) is 7.26. The molecule has 32 heavy (non-hydrogen) atoms. The van der Waals surface area contributed by atoms with Crippen LogP contribution in [-0.4, -0.2) is 65.3 Å². The number of benzene rings is 2. The summed E-state index contributed by atoms with van der Waals surface area (Å²) < 4.78 is 16.4. The lowest BCUT2D eigenvalue weighted by Crippen LogP contribution is -2.38. The van der Waals surface area contributed by atoms with Crippen LogP contribution in [0.25, 0.3) is 0 Å². The molecule has 0 fully saturated rings. The highest BCUT2D eigenvalue weighted by molar-refractivity contribution is 5.93. The highest BCUT2D eigenvalue weighted by Crippen LogP contribution is 2.39. The summed E-state index contributed by atoms with van der Waals surface area (Å²) in [6, 6.07) is 11.4. The van der Waals surface area contributed by atoms with Gasteiger partial charge in [-0.1, -0.05) is 18.2 Å². The van der Waals surface area contributed by atoms with E-state index in [2.05, 4.69) is 15.6 Å². The van der Waals surface area contributed by atoms with Gasteiger partial charge in [-0.3, -0.25) is 4.79 Å². The highest BCUT2D eigenvalue weighted by atomic mass is 16.5. The van der Waals surface area contributed by atoms with Crippen molar-refractivity contribution in [1.29, 1.82) is 0 Å². The largest absolute Gasteiger partial charge is 0.493 e. The van der Waals surface area contributed by atoms with Crippen molar-refractivity contribution in [3.8, 4) is 17.2 Å². The van der Waals surface area contributed by atoms with Gasteiger partial charge in [-0.25, -0.2) is 4.99 Å². The number of nitrogens with one attached hydrogen (secondary N) is 2. The second-order valence-corrected chi connectivity index (χ2v) is 7.26. The summed E-state index contributed by atoms with van der Waals surface area (Å²) in [5, 5.41) is 6.61. The summed E-state index contributed by atoms with van der Waals surface area (Å²) in [4.78, 5) is 18.2. The predicted molar refractivity (Wildman–Crippen MR) is 127 cm³/mol. The van der Waals surface area contributed by atoms with E-state index in [-0.39, 0.29) is 5.91 Å². The topological polar surface area (TPSA) is 84.4 Å². The van der Waals surface area contributed by atoms with Crippen LogP contribution in [0.5, 0.6) is 17.2 Å². The Labute approximate surface area is 190 Å². The molecule has 8 heteroatoms. The van der Waals surface area contributed by atoms with Crippen molar-refractivity contribution in [2.45, 2.75) is 19.9 Å². The van der Waals surface area contributed by atoms with Crippen molar-refractivity contribution in [1.82, 2.24) is 15.5 Å². The van der Waals surface area contributed by atoms with Gasteiger partial charge in [-0.05, 0) is 37.1 Å². The van der Waals surface area contributed by atoms with Crippen molar-refractivity contribution in [2.24, 2.45) is 4.99 Å². The Bertz CT molecular complexity index is 911. The molecular formula is C24H34N4O4. The molecule has 1 amide bonds. The molecule has 2 rings (SSSR count). The molecule has 0 aliphatic rings. The van der Waals surface area contributed by atoms with Gasteiger partial charge in [-0.15, -0.1) is 0 Å². The fourth-order valence-corrected chi connectivity index (χ4v) is 3.20. The van der Waals surface area contributed by atoms with Gasteiger partial charge in [0.1, 0.15) is 0 Å². The number of aliphatic imine (C=N–C) groups is 1. The zero-order valence-corrected chi connectivity index (χ0v) is 19.8. The number of ether oxygens (including phenoxy) is 3. The van der Waals surface area contributed by atoms with Crippen molar-refractivity contribution in [3.05, 3.63) is 53.1 Å². The van der Waals surface area contributed by atoms with E-state index in [0.717, 1.165) is 30.1 Å². The number of methoxy groups -OCH3 is 3. The molecule has 2 aromatic carbocycles. The summed E-state index contributed by atoms with van der Waals surface area (Å²) in [5.74, 6) is 2.60. The minimum Gasteiger partial charge on any atom is -0.493 e. The zero-order chi connectivity index (χ0) is 23.5. The molecule has 0 saturated carbocycles. The van der Waals surface area contributed by atoms with E-state index >= 15 is 0 Å². The molecule has 0 radical (unpaired) electrons. The first-order chi connectivity index (χ1) is 15.4. The van der Waals surface area contributed by atoms with E-state index in [9.17, 15) is 4.79 Å². The van der Waals surface area contributed by atoms with E-state index in [0.29, 0.717) is 35.9 Å². The Morgan fingerprint density at radius 2 is 1.62 bits per heavy atom.